The van der Waals surface area contributed by atoms with E-state index in [9.17, 15) is 13.2 Å². The van der Waals surface area contributed by atoms with Crippen LogP contribution in [0, 0.1) is 0 Å². The second kappa shape index (κ2) is 7.25. The molecule has 1 aliphatic rings. The predicted octanol–water partition coefficient (Wildman–Crippen LogP) is 1.84. The molecule has 2 N–H and O–H groups in total. The Morgan fingerprint density at radius 1 is 1.33 bits per heavy atom. The average molecular weight is 407 g/mol. The Bertz CT molecular complexity index is 1030. The molecular weight excluding hydrogens is 390 g/mol. The molecule has 1 aliphatic heterocycles. The summed E-state index contributed by atoms with van der Waals surface area (Å²) in [5, 5.41) is 9.52. The van der Waals surface area contributed by atoms with Gasteiger partial charge in [-0.1, -0.05) is 6.07 Å². The van der Waals surface area contributed by atoms with Gasteiger partial charge in [0, 0.05) is 30.7 Å². The Morgan fingerprint density at radius 3 is 2.89 bits per heavy atom. The van der Waals surface area contributed by atoms with Gasteiger partial charge in [-0.05, 0) is 30.4 Å². The summed E-state index contributed by atoms with van der Waals surface area (Å²) in [6.07, 6.45) is 3.27. The fourth-order valence-electron chi connectivity index (χ4n) is 2.79. The van der Waals surface area contributed by atoms with Crippen molar-refractivity contribution in [1.82, 2.24) is 24.8 Å². The Labute approximate surface area is 159 Å². The number of carbonyl (C=O) groups is 1. The zero-order valence-corrected chi connectivity index (χ0v) is 15.8. The summed E-state index contributed by atoms with van der Waals surface area (Å²) in [6.45, 7) is 1.57. The first-order valence-corrected chi connectivity index (χ1v) is 10.7. The van der Waals surface area contributed by atoms with Crippen molar-refractivity contribution in [3.05, 3.63) is 40.5 Å². The Hall–Kier alpha value is -2.50. The third kappa shape index (κ3) is 3.80. The number of nitrogens with zero attached hydrogens (tertiary/aromatic N) is 3. The minimum atomic E-state index is -3.69. The van der Waals surface area contributed by atoms with E-state index in [2.05, 4.69) is 19.9 Å². The minimum Gasteiger partial charge on any atom is -0.411 e. The normalized spacial score (nSPS) is 14.7. The van der Waals surface area contributed by atoms with Crippen molar-refractivity contribution in [1.29, 1.82) is 0 Å². The molecule has 1 saturated heterocycles. The Morgan fingerprint density at radius 2 is 2.15 bits per heavy atom. The first-order valence-electron chi connectivity index (χ1n) is 8.36. The fourth-order valence-corrected chi connectivity index (χ4v) is 4.52. The topological polar surface area (TPSA) is 121 Å². The van der Waals surface area contributed by atoms with Gasteiger partial charge in [-0.15, -0.1) is 21.5 Å². The van der Waals surface area contributed by atoms with Gasteiger partial charge >= 0.3 is 11.8 Å². The van der Waals surface area contributed by atoms with Crippen LogP contribution in [-0.2, 0) is 16.6 Å². The monoisotopic (exact) mass is 407 g/mol. The van der Waals surface area contributed by atoms with E-state index in [-0.39, 0.29) is 29.1 Å². The van der Waals surface area contributed by atoms with E-state index in [1.54, 1.807) is 4.90 Å². The SMILES string of the molecule is O=C(c1nnc(-c2cc(S(=O)(=O)NCc3cccs3)c[nH]2)o1)N1CCCC1. The number of hydrogen-bond acceptors (Lipinski definition) is 7. The van der Waals surface area contributed by atoms with Crippen LogP contribution in [0.2, 0.25) is 0 Å². The Balaban J connectivity index is 1.48. The third-order valence-corrected chi connectivity index (χ3v) is 6.47. The van der Waals surface area contributed by atoms with E-state index in [1.807, 2.05) is 17.5 Å². The highest BCUT2D eigenvalue weighted by Gasteiger charge is 2.25. The molecule has 9 nitrogen and oxygen atoms in total. The molecule has 0 unspecified atom stereocenters. The Kier molecular flexibility index (Phi) is 4.81. The zero-order chi connectivity index (χ0) is 18.9. The van der Waals surface area contributed by atoms with Crippen LogP contribution < -0.4 is 4.72 Å². The van der Waals surface area contributed by atoms with Crippen LogP contribution in [0.1, 0.15) is 28.4 Å². The predicted molar refractivity (Wildman–Crippen MR) is 97.6 cm³/mol. The smallest absolute Gasteiger partial charge is 0.311 e. The number of hydrogen-bond donors (Lipinski definition) is 2. The summed E-state index contributed by atoms with van der Waals surface area (Å²) in [6, 6.07) is 5.11. The molecule has 3 aromatic rings. The van der Waals surface area contributed by atoms with Gasteiger partial charge in [-0.3, -0.25) is 4.79 Å². The molecule has 27 heavy (non-hydrogen) atoms. The van der Waals surface area contributed by atoms with Crippen molar-refractivity contribution in [2.75, 3.05) is 13.1 Å². The highest BCUT2D eigenvalue weighted by molar-refractivity contribution is 7.89. The first-order chi connectivity index (χ1) is 13.0. The van der Waals surface area contributed by atoms with E-state index in [4.69, 9.17) is 4.42 Å². The van der Waals surface area contributed by atoms with Crippen LogP contribution in [0.3, 0.4) is 0 Å². The molecular formula is C16H17N5O4S2. The number of amides is 1. The molecule has 1 fully saturated rings. The van der Waals surface area contributed by atoms with Gasteiger partial charge < -0.3 is 14.3 Å². The molecule has 0 aromatic carbocycles. The van der Waals surface area contributed by atoms with Gasteiger partial charge in [-0.25, -0.2) is 13.1 Å². The third-order valence-electron chi connectivity index (χ3n) is 4.21. The summed E-state index contributed by atoms with van der Waals surface area (Å²) in [4.78, 5) is 17.7. The maximum Gasteiger partial charge on any atom is 0.311 e. The van der Waals surface area contributed by atoms with Crippen LogP contribution in [0.4, 0.5) is 0 Å². The van der Waals surface area contributed by atoms with Crippen LogP contribution >= 0.6 is 11.3 Å². The molecule has 0 aliphatic carbocycles. The quantitative estimate of drug-likeness (QED) is 0.643. The first kappa shape index (κ1) is 17.9. The lowest BCUT2D eigenvalue weighted by molar-refractivity contribution is 0.0754. The number of sulfonamides is 1. The number of nitrogens with one attached hydrogen (secondary N) is 2. The molecule has 142 valence electrons. The summed E-state index contributed by atoms with van der Waals surface area (Å²) in [5.41, 5.74) is 0.333. The molecule has 0 spiro atoms. The fraction of sp³-hybridized carbons (Fsp3) is 0.312. The van der Waals surface area contributed by atoms with Crippen LogP contribution in [0.5, 0.6) is 0 Å². The highest BCUT2D eigenvalue weighted by Crippen LogP contribution is 2.22. The van der Waals surface area contributed by atoms with Gasteiger partial charge in [0.1, 0.15) is 10.6 Å². The summed E-state index contributed by atoms with van der Waals surface area (Å²) >= 11 is 1.47. The van der Waals surface area contributed by atoms with Gasteiger partial charge in [-0.2, -0.15) is 0 Å². The number of aromatic amines is 1. The van der Waals surface area contributed by atoms with Gasteiger partial charge in [0.05, 0.1) is 0 Å². The van der Waals surface area contributed by atoms with E-state index < -0.39 is 10.0 Å². The molecule has 0 bridgehead atoms. The van der Waals surface area contributed by atoms with Crippen LogP contribution in [0.15, 0.2) is 39.1 Å². The summed E-state index contributed by atoms with van der Waals surface area (Å²) < 4.78 is 32.8. The number of likely N-dealkylation sites (tertiary alicyclic amines) is 1. The maximum atomic E-state index is 12.4. The largest absolute Gasteiger partial charge is 0.411 e. The standard InChI is InChI=1S/C16H17N5O4S2/c22-16(21-5-1-2-6-21)15-20-19-14(25-15)13-8-12(10-17-13)27(23,24)18-9-11-4-3-7-26-11/h3-4,7-8,10,17-18H,1-2,5-6,9H2. The van der Waals surface area contributed by atoms with E-state index in [0.29, 0.717) is 18.8 Å². The number of H-pyrrole nitrogens is 1. The molecule has 4 heterocycles. The van der Waals surface area contributed by atoms with Gasteiger partial charge in [0.2, 0.25) is 10.0 Å². The lowest BCUT2D eigenvalue weighted by Gasteiger charge is -2.11. The highest BCUT2D eigenvalue weighted by atomic mass is 32.2. The number of rotatable bonds is 6. The van der Waals surface area contributed by atoms with Gasteiger partial charge in [0.25, 0.3) is 5.89 Å². The summed E-state index contributed by atoms with van der Waals surface area (Å²) in [7, 11) is -3.69. The van der Waals surface area contributed by atoms with Crippen LogP contribution in [0.25, 0.3) is 11.6 Å². The number of carbonyl (C=O) groups excluding carboxylic acids is 1. The molecule has 1 amide bonds. The van der Waals surface area contributed by atoms with Crippen LogP contribution in [-0.4, -0.2) is 47.5 Å². The van der Waals surface area contributed by atoms with E-state index >= 15 is 0 Å². The molecule has 11 heteroatoms. The lowest BCUT2D eigenvalue weighted by atomic mass is 10.4. The van der Waals surface area contributed by atoms with E-state index in [0.717, 1.165) is 17.7 Å². The average Bonchev–Trinajstić information content (AvgIpc) is 3.46. The van der Waals surface area contributed by atoms with E-state index in [1.165, 1.54) is 23.6 Å². The lowest BCUT2D eigenvalue weighted by Crippen LogP contribution is -2.27. The summed E-state index contributed by atoms with van der Waals surface area (Å²) in [5.74, 6) is -0.331. The number of aromatic nitrogens is 3. The van der Waals surface area contributed by atoms with Crippen molar-refractivity contribution in [3.8, 4) is 11.6 Å². The van der Waals surface area contributed by atoms with Crippen molar-refractivity contribution >= 4 is 27.3 Å². The zero-order valence-electron chi connectivity index (χ0n) is 14.2. The molecule has 4 rings (SSSR count). The van der Waals surface area contributed by atoms with Gasteiger partial charge in [0.15, 0.2) is 0 Å². The minimum absolute atomic E-state index is 0.0553. The van der Waals surface area contributed by atoms with Crippen molar-refractivity contribution < 1.29 is 17.6 Å². The maximum absolute atomic E-state index is 12.4. The molecule has 0 saturated carbocycles. The number of thiophene rings is 1. The molecule has 3 aromatic heterocycles. The second-order valence-corrected chi connectivity index (χ2v) is 8.86. The second-order valence-electron chi connectivity index (χ2n) is 6.06. The van der Waals surface area contributed by atoms with Crippen molar-refractivity contribution in [2.45, 2.75) is 24.3 Å². The molecule has 0 atom stereocenters. The molecule has 0 radical (unpaired) electrons. The van der Waals surface area contributed by atoms with Crippen molar-refractivity contribution in [2.24, 2.45) is 0 Å². The van der Waals surface area contributed by atoms with Crippen molar-refractivity contribution in [3.63, 3.8) is 0 Å².